The van der Waals surface area contributed by atoms with Crippen LogP contribution in [0.5, 0.6) is 0 Å². The molecule has 0 unspecified atom stereocenters. The average molecular weight is 401 g/mol. The number of nitrogens with two attached hydrogens (primary N) is 1. The number of fused-ring (bicyclic) bond motifs is 2. The number of carboxylic acids is 1. The number of carbonyl (C=O) groups is 1. The molecule has 0 saturated heterocycles. The minimum Gasteiger partial charge on any atom is -0.545 e. The molecule has 0 fully saturated rings. The summed E-state index contributed by atoms with van der Waals surface area (Å²) in [5, 5.41) is 13.7. The molecular weight excluding hydrogens is 378 g/mol. The van der Waals surface area contributed by atoms with Crippen LogP contribution in [-0.4, -0.2) is 34.2 Å². The van der Waals surface area contributed by atoms with Crippen LogP contribution in [0.2, 0.25) is 0 Å². The zero-order valence-electron chi connectivity index (χ0n) is 17.4. The van der Waals surface area contributed by atoms with E-state index in [1.54, 1.807) is 12.1 Å². The summed E-state index contributed by atoms with van der Waals surface area (Å²) in [6, 6.07) is 16.5. The van der Waals surface area contributed by atoms with Crippen LogP contribution in [0.15, 0.2) is 59.0 Å². The first-order valence-electron chi connectivity index (χ1n) is 9.56. The number of hydrogen-bond acceptors (Lipinski definition) is 5. The third-order valence-electron chi connectivity index (χ3n) is 5.25. The monoisotopic (exact) mass is 401 g/mol. The molecule has 0 aromatic heterocycles. The topological polar surface area (TPSA) is 85.5 Å². The molecule has 0 bridgehead atoms. The van der Waals surface area contributed by atoms with Gasteiger partial charge in [0.1, 0.15) is 25.4 Å². The predicted octanol–water partition coefficient (Wildman–Crippen LogP) is 2.25. The lowest BCUT2D eigenvalue weighted by Crippen LogP contribution is -2.23. The van der Waals surface area contributed by atoms with Crippen molar-refractivity contribution >= 4 is 28.3 Å². The second kappa shape index (κ2) is 7.22. The van der Waals surface area contributed by atoms with E-state index in [9.17, 15) is 9.90 Å². The summed E-state index contributed by atoms with van der Waals surface area (Å²) in [7, 11) is 7.83. The molecule has 2 aliphatic rings. The van der Waals surface area contributed by atoms with Crippen molar-refractivity contribution in [2.24, 2.45) is 0 Å². The van der Waals surface area contributed by atoms with Gasteiger partial charge in [-0.05, 0) is 35.9 Å². The highest BCUT2D eigenvalue weighted by Crippen LogP contribution is 2.42. The van der Waals surface area contributed by atoms with Gasteiger partial charge < -0.3 is 25.0 Å². The zero-order chi connectivity index (χ0) is 21.6. The quantitative estimate of drug-likeness (QED) is 0.323. The van der Waals surface area contributed by atoms with Gasteiger partial charge in [0.2, 0.25) is 5.36 Å². The second-order valence-electron chi connectivity index (χ2n) is 7.72. The zero-order valence-corrected chi connectivity index (χ0v) is 17.4. The maximum Gasteiger partial charge on any atom is 0.203 e. The van der Waals surface area contributed by atoms with Crippen LogP contribution < -0.4 is 25.7 Å². The van der Waals surface area contributed by atoms with Crippen molar-refractivity contribution in [1.82, 2.24) is 4.58 Å². The first kappa shape index (κ1) is 19.5. The number of nitrogens with zero attached hydrogens (tertiary/aromatic N) is 2. The first-order valence-corrected chi connectivity index (χ1v) is 9.56. The van der Waals surface area contributed by atoms with Gasteiger partial charge in [-0.3, -0.25) is 0 Å². The molecule has 0 radical (unpaired) electrons. The molecule has 152 valence electrons. The predicted molar refractivity (Wildman–Crippen MR) is 118 cm³/mol. The van der Waals surface area contributed by atoms with E-state index in [1.165, 1.54) is 6.07 Å². The van der Waals surface area contributed by atoms with Gasteiger partial charge in [-0.2, -0.15) is 0 Å². The summed E-state index contributed by atoms with van der Waals surface area (Å²) in [5.41, 5.74) is 10.3. The van der Waals surface area contributed by atoms with Crippen LogP contribution in [0.3, 0.4) is 0 Å². The molecule has 1 aliphatic heterocycles. The Balaban J connectivity index is 2.21. The van der Waals surface area contributed by atoms with Crippen LogP contribution in [0.1, 0.15) is 10.4 Å². The standard InChI is InChI=1S/C24H23N3O3/c1-26(2)15-6-9-18-21(12-15)30-22-13-16(27(3)4)7-10-19(22)23(18)20-11-14(25)5-8-17(20)24(28)29/h5-13H,25H2,1-4H3. The highest BCUT2D eigenvalue weighted by Gasteiger charge is 2.21. The summed E-state index contributed by atoms with van der Waals surface area (Å²) < 4.78 is 8.26. The van der Waals surface area contributed by atoms with Crippen molar-refractivity contribution < 1.29 is 14.3 Å². The third kappa shape index (κ3) is 3.26. The molecule has 0 atom stereocenters. The number of anilines is 2. The Labute approximate surface area is 174 Å². The van der Waals surface area contributed by atoms with Crippen LogP contribution in [-0.2, 0) is 0 Å². The van der Waals surface area contributed by atoms with Crippen molar-refractivity contribution in [3.05, 3.63) is 65.5 Å². The van der Waals surface area contributed by atoms with Crippen molar-refractivity contribution in [1.29, 1.82) is 0 Å². The fraction of sp³-hybridized carbons (Fsp3) is 0.167. The van der Waals surface area contributed by atoms with E-state index in [2.05, 4.69) is 0 Å². The van der Waals surface area contributed by atoms with Crippen molar-refractivity contribution in [2.45, 2.75) is 0 Å². The largest absolute Gasteiger partial charge is 0.545 e. The Kier molecular flexibility index (Phi) is 4.70. The number of rotatable bonds is 3. The molecule has 0 amide bonds. The minimum atomic E-state index is -1.25. The molecule has 0 spiro atoms. The van der Waals surface area contributed by atoms with E-state index < -0.39 is 5.97 Å². The summed E-state index contributed by atoms with van der Waals surface area (Å²) in [6.07, 6.45) is 0. The Morgan fingerprint density at radius 2 is 1.77 bits per heavy atom. The van der Waals surface area contributed by atoms with Crippen LogP contribution in [0, 0.1) is 0 Å². The van der Waals surface area contributed by atoms with Gasteiger partial charge >= 0.3 is 0 Å². The van der Waals surface area contributed by atoms with Gasteiger partial charge in [-0.15, -0.1) is 0 Å². The fourth-order valence-electron chi connectivity index (χ4n) is 3.66. The minimum absolute atomic E-state index is 0.0892. The number of hydrogen-bond donors (Lipinski definition) is 1. The molecule has 1 heterocycles. The normalized spacial score (nSPS) is 11.1. The molecule has 1 aliphatic carbocycles. The molecule has 2 aromatic rings. The summed E-state index contributed by atoms with van der Waals surface area (Å²) in [5.74, 6) is -0.590. The summed E-state index contributed by atoms with van der Waals surface area (Å²) in [6.45, 7) is 0. The molecule has 30 heavy (non-hydrogen) atoms. The number of carbonyl (C=O) groups excluding carboxylic acids is 1. The number of benzene rings is 3. The number of aromatic carboxylic acids is 1. The van der Waals surface area contributed by atoms with Gasteiger partial charge in [0.05, 0.1) is 12.0 Å². The summed E-state index contributed by atoms with van der Waals surface area (Å²) in [4.78, 5) is 13.9. The lowest BCUT2D eigenvalue weighted by Gasteiger charge is -2.20. The second-order valence-corrected chi connectivity index (χ2v) is 7.72. The molecule has 4 rings (SSSR count). The molecule has 2 aromatic carbocycles. The van der Waals surface area contributed by atoms with E-state index in [4.69, 9.17) is 10.2 Å². The van der Waals surface area contributed by atoms with E-state index >= 15 is 0 Å². The lowest BCUT2D eigenvalue weighted by atomic mass is 9.90. The highest BCUT2D eigenvalue weighted by atomic mass is 16.4. The number of carboxylic acid groups (broad SMARTS) is 1. The smallest absolute Gasteiger partial charge is 0.203 e. The van der Waals surface area contributed by atoms with Gasteiger partial charge in [0.15, 0.2) is 0 Å². The highest BCUT2D eigenvalue weighted by molar-refractivity contribution is 6.08. The van der Waals surface area contributed by atoms with Gasteiger partial charge in [0.25, 0.3) is 0 Å². The molecule has 6 heteroatoms. The van der Waals surface area contributed by atoms with Crippen molar-refractivity contribution in [3.8, 4) is 22.5 Å². The number of nitrogen functional groups attached to an aromatic ring is 1. The maximum absolute atomic E-state index is 11.9. The van der Waals surface area contributed by atoms with Crippen molar-refractivity contribution in [2.75, 3.05) is 38.8 Å². The van der Waals surface area contributed by atoms with E-state index in [0.29, 0.717) is 22.6 Å². The van der Waals surface area contributed by atoms with Crippen LogP contribution >= 0.6 is 0 Å². The molecule has 6 nitrogen and oxygen atoms in total. The SMILES string of the molecule is CN(C)c1ccc2c(-c3cc(N)ccc3C(=O)[O-])c3ccc(=[N+](C)C)cc-3oc2c1. The molecule has 2 N–H and O–H groups in total. The van der Waals surface area contributed by atoms with Crippen LogP contribution in [0.4, 0.5) is 11.4 Å². The van der Waals surface area contributed by atoms with Gasteiger partial charge in [-0.25, -0.2) is 4.58 Å². The Morgan fingerprint density at radius 3 is 2.43 bits per heavy atom. The van der Waals surface area contributed by atoms with E-state index in [0.717, 1.165) is 27.6 Å². The molecule has 0 saturated carbocycles. The average Bonchev–Trinajstić information content (AvgIpc) is 2.70. The fourth-order valence-corrected chi connectivity index (χ4v) is 3.66. The Morgan fingerprint density at radius 1 is 1.00 bits per heavy atom. The van der Waals surface area contributed by atoms with E-state index in [-0.39, 0.29) is 5.56 Å². The van der Waals surface area contributed by atoms with Crippen molar-refractivity contribution in [3.63, 3.8) is 0 Å². The Bertz CT molecular complexity index is 1330. The van der Waals surface area contributed by atoms with Gasteiger partial charge in [-0.1, -0.05) is 6.07 Å². The Hall–Kier alpha value is -3.80. The van der Waals surface area contributed by atoms with Gasteiger partial charge in [0, 0.05) is 59.7 Å². The first-order chi connectivity index (χ1) is 14.3. The lowest BCUT2D eigenvalue weighted by molar-refractivity contribution is -0.254. The van der Waals surface area contributed by atoms with Crippen LogP contribution in [0.25, 0.3) is 33.4 Å². The third-order valence-corrected chi connectivity index (χ3v) is 5.25. The summed E-state index contributed by atoms with van der Waals surface area (Å²) >= 11 is 0. The maximum atomic E-state index is 11.9. The van der Waals surface area contributed by atoms with E-state index in [1.807, 2.05) is 74.1 Å². The molecular formula is C24H23N3O3.